The van der Waals surface area contributed by atoms with Crippen LogP contribution in [0.15, 0.2) is 18.2 Å². The van der Waals surface area contributed by atoms with E-state index in [0.717, 1.165) is 49.0 Å². The molecule has 1 unspecified atom stereocenters. The van der Waals surface area contributed by atoms with Crippen molar-refractivity contribution in [3.8, 4) is 0 Å². The van der Waals surface area contributed by atoms with Crippen molar-refractivity contribution in [2.24, 2.45) is 0 Å². The maximum Gasteiger partial charge on any atom is 0.407 e. The van der Waals surface area contributed by atoms with Gasteiger partial charge in [-0.25, -0.2) is 4.79 Å². The number of alkyl carbamates (subject to hydrolysis) is 1. The normalized spacial score (nSPS) is 18.1. The van der Waals surface area contributed by atoms with Gasteiger partial charge in [0.25, 0.3) is 11.8 Å². The summed E-state index contributed by atoms with van der Waals surface area (Å²) in [5.74, 6) is -1.96. The molecule has 2 N–H and O–H groups in total. The van der Waals surface area contributed by atoms with E-state index in [4.69, 9.17) is 4.74 Å². The summed E-state index contributed by atoms with van der Waals surface area (Å²) in [6.45, 7) is 6.07. The number of unbranched alkanes of at least 4 members (excludes halogenated alkanes) is 4. The van der Waals surface area contributed by atoms with Crippen LogP contribution in [0.5, 0.6) is 0 Å². The lowest BCUT2D eigenvalue weighted by atomic mass is 10.0. The maximum absolute atomic E-state index is 12.9. The van der Waals surface area contributed by atoms with E-state index in [1.54, 1.807) is 12.1 Å². The van der Waals surface area contributed by atoms with Gasteiger partial charge in [-0.15, -0.1) is 0 Å². The molecule has 0 saturated carbocycles. The van der Waals surface area contributed by atoms with Crippen LogP contribution in [0.4, 0.5) is 4.79 Å². The number of hydrogen-bond donors (Lipinski definition) is 2. The molecule has 0 bridgehead atoms. The third kappa shape index (κ3) is 6.42. The van der Waals surface area contributed by atoms with Crippen molar-refractivity contribution >= 4 is 29.7 Å². The van der Waals surface area contributed by atoms with Crippen molar-refractivity contribution in [3.05, 3.63) is 34.9 Å². The fourth-order valence-electron chi connectivity index (χ4n) is 4.16. The number of nitrogens with one attached hydrogen (secondary N) is 2. The molecule has 1 atom stereocenters. The lowest BCUT2D eigenvalue weighted by molar-refractivity contribution is -0.136. The van der Waals surface area contributed by atoms with Crippen LogP contribution in [0.3, 0.4) is 0 Å². The Morgan fingerprint density at radius 2 is 1.71 bits per heavy atom. The molecule has 9 heteroatoms. The molecule has 1 aromatic rings. The number of hydrogen-bond acceptors (Lipinski definition) is 6. The second-order valence-electron chi connectivity index (χ2n) is 9.77. The standard InChI is InChI=1S/C25H33N3O6/c1-25(2,3)34-24(33)26-14-8-6-4-5-7-9-16-10-11-17-18(15-16)23(32)28(22(17)31)19-12-13-20(29)27-21(19)30/h10-11,15,19H,4-9,12-14H2,1-3H3,(H,26,33)(H,27,29,30). The van der Waals surface area contributed by atoms with E-state index in [1.165, 1.54) is 0 Å². The highest BCUT2D eigenvalue weighted by atomic mass is 16.6. The number of amides is 5. The highest BCUT2D eigenvalue weighted by Gasteiger charge is 2.44. The second-order valence-corrected chi connectivity index (χ2v) is 9.77. The molecule has 0 radical (unpaired) electrons. The predicted molar refractivity (Wildman–Crippen MR) is 124 cm³/mol. The first-order chi connectivity index (χ1) is 16.1. The number of carbonyl (C=O) groups excluding carboxylic acids is 5. The summed E-state index contributed by atoms with van der Waals surface area (Å²) in [5.41, 5.74) is 1.09. The summed E-state index contributed by atoms with van der Waals surface area (Å²) in [6, 6.07) is 4.30. The minimum absolute atomic E-state index is 0.103. The Bertz CT molecular complexity index is 981. The number of nitrogens with zero attached hydrogens (tertiary/aromatic N) is 1. The molecule has 0 aromatic heterocycles. The molecule has 5 amide bonds. The highest BCUT2D eigenvalue weighted by molar-refractivity contribution is 6.23. The summed E-state index contributed by atoms with van der Waals surface area (Å²) in [7, 11) is 0. The van der Waals surface area contributed by atoms with Gasteiger partial charge in [-0.3, -0.25) is 29.4 Å². The van der Waals surface area contributed by atoms with E-state index < -0.39 is 35.5 Å². The number of benzene rings is 1. The Morgan fingerprint density at radius 3 is 2.41 bits per heavy atom. The summed E-state index contributed by atoms with van der Waals surface area (Å²) >= 11 is 0. The van der Waals surface area contributed by atoms with Crippen molar-refractivity contribution in [1.29, 1.82) is 0 Å². The number of ether oxygens (including phenoxy) is 1. The van der Waals surface area contributed by atoms with Crippen molar-refractivity contribution < 1.29 is 28.7 Å². The van der Waals surface area contributed by atoms with Crippen molar-refractivity contribution in [1.82, 2.24) is 15.5 Å². The van der Waals surface area contributed by atoms with Crippen LogP contribution < -0.4 is 10.6 Å². The molecule has 2 aliphatic rings. The van der Waals surface area contributed by atoms with E-state index in [2.05, 4.69) is 10.6 Å². The van der Waals surface area contributed by atoms with Gasteiger partial charge in [-0.1, -0.05) is 25.3 Å². The van der Waals surface area contributed by atoms with Crippen LogP contribution >= 0.6 is 0 Å². The molecule has 2 heterocycles. The molecule has 1 saturated heterocycles. The van der Waals surface area contributed by atoms with E-state index in [1.807, 2.05) is 26.8 Å². The monoisotopic (exact) mass is 471 g/mol. The fourth-order valence-corrected chi connectivity index (χ4v) is 4.16. The Morgan fingerprint density at radius 1 is 1.03 bits per heavy atom. The summed E-state index contributed by atoms with van der Waals surface area (Å²) in [6.07, 6.45) is 5.50. The van der Waals surface area contributed by atoms with Gasteiger partial charge in [-0.05, 0) is 64.2 Å². The summed E-state index contributed by atoms with van der Waals surface area (Å²) in [5, 5.41) is 4.95. The number of rotatable bonds is 9. The van der Waals surface area contributed by atoms with Gasteiger partial charge < -0.3 is 10.1 Å². The zero-order valence-corrected chi connectivity index (χ0v) is 20.1. The van der Waals surface area contributed by atoms with Crippen molar-refractivity contribution in [2.75, 3.05) is 6.54 Å². The van der Waals surface area contributed by atoms with E-state index >= 15 is 0 Å². The fraction of sp³-hybridized carbons (Fsp3) is 0.560. The Labute approximate surface area is 199 Å². The maximum atomic E-state index is 12.9. The lowest BCUT2D eigenvalue weighted by Crippen LogP contribution is -2.54. The summed E-state index contributed by atoms with van der Waals surface area (Å²) in [4.78, 5) is 61.8. The van der Waals surface area contributed by atoms with Gasteiger partial charge in [0.05, 0.1) is 11.1 Å². The molecule has 3 rings (SSSR count). The average Bonchev–Trinajstić information content (AvgIpc) is 2.99. The van der Waals surface area contributed by atoms with Gasteiger partial charge in [0.1, 0.15) is 11.6 Å². The Balaban J connectivity index is 1.41. The molecule has 0 spiro atoms. The van der Waals surface area contributed by atoms with Gasteiger partial charge in [0.15, 0.2) is 0 Å². The average molecular weight is 472 g/mol. The second kappa shape index (κ2) is 10.8. The zero-order chi connectivity index (χ0) is 24.9. The van der Waals surface area contributed by atoms with E-state index in [-0.39, 0.29) is 18.7 Å². The smallest absolute Gasteiger partial charge is 0.407 e. The van der Waals surface area contributed by atoms with Crippen LogP contribution in [-0.4, -0.2) is 52.8 Å². The van der Waals surface area contributed by atoms with Crippen molar-refractivity contribution in [3.63, 3.8) is 0 Å². The SMILES string of the molecule is CC(C)(C)OC(=O)NCCCCCCCc1ccc2c(c1)C(=O)N(C1CCC(=O)NC1=O)C2=O. The number of piperidine rings is 1. The first-order valence-corrected chi connectivity index (χ1v) is 11.9. The number of fused-ring (bicyclic) bond motifs is 1. The number of aryl methyl sites for hydroxylation is 1. The largest absolute Gasteiger partial charge is 0.444 e. The third-order valence-corrected chi connectivity index (χ3v) is 5.81. The minimum Gasteiger partial charge on any atom is -0.444 e. The highest BCUT2D eigenvalue weighted by Crippen LogP contribution is 2.28. The molecular formula is C25H33N3O6. The van der Waals surface area contributed by atoms with Gasteiger partial charge in [0, 0.05) is 13.0 Å². The van der Waals surface area contributed by atoms with Crippen LogP contribution in [-0.2, 0) is 20.7 Å². The van der Waals surface area contributed by atoms with Gasteiger partial charge in [0.2, 0.25) is 11.8 Å². The molecule has 2 aliphatic heterocycles. The lowest BCUT2D eigenvalue weighted by Gasteiger charge is -2.27. The van der Waals surface area contributed by atoms with Crippen LogP contribution in [0.1, 0.15) is 92.0 Å². The minimum atomic E-state index is -0.946. The molecule has 0 aliphatic carbocycles. The predicted octanol–water partition coefficient (Wildman–Crippen LogP) is 3.11. The summed E-state index contributed by atoms with van der Waals surface area (Å²) < 4.78 is 5.20. The van der Waals surface area contributed by atoms with E-state index in [9.17, 15) is 24.0 Å². The molecule has 184 valence electrons. The van der Waals surface area contributed by atoms with Crippen LogP contribution in [0.2, 0.25) is 0 Å². The number of imide groups is 2. The first-order valence-electron chi connectivity index (χ1n) is 11.9. The Hall–Kier alpha value is -3.23. The molecule has 1 fully saturated rings. The van der Waals surface area contributed by atoms with Gasteiger partial charge in [-0.2, -0.15) is 0 Å². The zero-order valence-electron chi connectivity index (χ0n) is 20.1. The third-order valence-electron chi connectivity index (χ3n) is 5.81. The van der Waals surface area contributed by atoms with Crippen LogP contribution in [0, 0.1) is 0 Å². The topological polar surface area (TPSA) is 122 Å². The van der Waals surface area contributed by atoms with Crippen molar-refractivity contribution in [2.45, 2.75) is 83.8 Å². The first kappa shape index (κ1) is 25.4. The molecule has 9 nitrogen and oxygen atoms in total. The Kier molecular flexibility index (Phi) is 8.06. The molecule has 1 aromatic carbocycles. The molecular weight excluding hydrogens is 438 g/mol. The quantitative estimate of drug-likeness (QED) is 0.422. The van der Waals surface area contributed by atoms with Gasteiger partial charge >= 0.3 is 6.09 Å². The number of carbonyl (C=O) groups is 5. The molecule has 34 heavy (non-hydrogen) atoms. The van der Waals surface area contributed by atoms with E-state index in [0.29, 0.717) is 17.7 Å². The van der Waals surface area contributed by atoms with Crippen LogP contribution in [0.25, 0.3) is 0 Å².